The van der Waals surface area contributed by atoms with Gasteiger partial charge in [-0.2, -0.15) is 0 Å². The normalized spacial score (nSPS) is 14.1. The van der Waals surface area contributed by atoms with E-state index in [0.717, 1.165) is 22.4 Å². The Kier molecular flexibility index (Phi) is 3.90. The molecule has 116 valence electrons. The standard InChI is InChI=1S/C17H21N3O2/c1-20-9-12(4-5-17(20)21)14-7-15(19)13(8-18)6-16(14)22-10-11-2-3-11/h4-7,9,11H,2-3,8,10,18-19H2,1H3. The van der Waals surface area contributed by atoms with Gasteiger partial charge < -0.3 is 20.8 Å². The number of benzene rings is 1. The molecule has 22 heavy (non-hydrogen) atoms. The lowest BCUT2D eigenvalue weighted by Crippen LogP contribution is -2.14. The summed E-state index contributed by atoms with van der Waals surface area (Å²) in [4.78, 5) is 11.6. The minimum atomic E-state index is -0.0456. The summed E-state index contributed by atoms with van der Waals surface area (Å²) in [6, 6.07) is 7.14. The predicted molar refractivity (Wildman–Crippen MR) is 87.6 cm³/mol. The van der Waals surface area contributed by atoms with E-state index in [-0.39, 0.29) is 5.56 Å². The molecule has 0 unspecified atom stereocenters. The minimum Gasteiger partial charge on any atom is -0.493 e. The molecule has 0 saturated heterocycles. The molecule has 2 aromatic rings. The van der Waals surface area contributed by atoms with E-state index >= 15 is 0 Å². The van der Waals surface area contributed by atoms with Crippen LogP contribution in [0.3, 0.4) is 0 Å². The van der Waals surface area contributed by atoms with Gasteiger partial charge in [-0.3, -0.25) is 4.79 Å². The SMILES string of the molecule is Cn1cc(-c2cc(N)c(CN)cc2OCC2CC2)ccc1=O. The number of hydrogen-bond acceptors (Lipinski definition) is 4. The first-order valence-electron chi connectivity index (χ1n) is 7.51. The highest BCUT2D eigenvalue weighted by molar-refractivity contribution is 5.75. The molecular formula is C17H21N3O2. The van der Waals surface area contributed by atoms with Crippen LogP contribution in [0.15, 0.2) is 35.3 Å². The van der Waals surface area contributed by atoms with Gasteiger partial charge in [-0.1, -0.05) is 0 Å². The minimum absolute atomic E-state index is 0.0456. The van der Waals surface area contributed by atoms with Crippen molar-refractivity contribution in [3.8, 4) is 16.9 Å². The molecule has 3 rings (SSSR count). The van der Waals surface area contributed by atoms with Gasteiger partial charge in [-0.25, -0.2) is 0 Å². The van der Waals surface area contributed by atoms with Crippen molar-refractivity contribution >= 4 is 5.69 Å². The molecule has 0 radical (unpaired) electrons. The van der Waals surface area contributed by atoms with Crippen molar-refractivity contribution in [2.45, 2.75) is 19.4 Å². The van der Waals surface area contributed by atoms with Gasteiger partial charge in [0.2, 0.25) is 5.56 Å². The lowest BCUT2D eigenvalue weighted by atomic mass is 10.0. The first-order chi connectivity index (χ1) is 10.6. The maximum absolute atomic E-state index is 11.6. The molecule has 1 fully saturated rings. The molecular weight excluding hydrogens is 278 g/mol. The molecule has 0 spiro atoms. The topological polar surface area (TPSA) is 83.3 Å². The molecule has 1 heterocycles. The number of ether oxygens (including phenoxy) is 1. The van der Waals surface area contributed by atoms with Crippen molar-refractivity contribution in [2.24, 2.45) is 18.7 Å². The zero-order valence-electron chi connectivity index (χ0n) is 12.7. The van der Waals surface area contributed by atoms with Crippen LogP contribution in [-0.4, -0.2) is 11.2 Å². The fourth-order valence-corrected chi connectivity index (χ4v) is 2.41. The van der Waals surface area contributed by atoms with Gasteiger partial charge in [0.1, 0.15) is 5.75 Å². The summed E-state index contributed by atoms with van der Waals surface area (Å²) in [6.07, 6.45) is 4.25. The lowest BCUT2D eigenvalue weighted by Gasteiger charge is -2.15. The molecule has 0 atom stereocenters. The number of nitrogens with two attached hydrogens (primary N) is 2. The molecule has 0 aliphatic heterocycles. The molecule has 5 nitrogen and oxygen atoms in total. The maximum atomic E-state index is 11.6. The zero-order chi connectivity index (χ0) is 15.7. The van der Waals surface area contributed by atoms with Gasteiger partial charge in [0.05, 0.1) is 6.61 Å². The molecule has 1 aliphatic carbocycles. The van der Waals surface area contributed by atoms with Gasteiger partial charge in [0.15, 0.2) is 0 Å². The van der Waals surface area contributed by atoms with E-state index < -0.39 is 0 Å². The summed E-state index contributed by atoms with van der Waals surface area (Å²) < 4.78 is 7.53. The van der Waals surface area contributed by atoms with E-state index in [1.54, 1.807) is 29.9 Å². The Hall–Kier alpha value is -2.27. The van der Waals surface area contributed by atoms with Crippen LogP contribution < -0.4 is 21.8 Å². The Bertz CT molecular complexity index is 748. The van der Waals surface area contributed by atoms with Crippen molar-refractivity contribution in [2.75, 3.05) is 12.3 Å². The molecule has 1 aromatic carbocycles. The van der Waals surface area contributed by atoms with E-state index in [1.807, 2.05) is 12.1 Å². The highest BCUT2D eigenvalue weighted by atomic mass is 16.5. The fourth-order valence-electron chi connectivity index (χ4n) is 2.41. The van der Waals surface area contributed by atoms with Crippen molar-refractivity contribution < 1.29 is 4.74 Å². The molecule has 1 aromatic heterocycles. The molecule has 4 N–H and O–H groups in total. The van der Waals surface area contributed by atoms with Gasteiger partial charge in [-0.05, 0) is 42.5 Å². The second-order valence-corrected chi connectivity index (χ2v) is 5.87. The molecule has 0 bridgehead atoms. The van der Waals surface area contributed by atoms with Crippen LogP contribution in [0.5, 0.6) is 5.75 Å². The Morgan fingerprint density at radius 3 is 2.73 bits per heavy atom. The highest BCUT2D eigenvalue weighted by Gasteiger charge is 2.23. The van der Waals surface area contributed by atoms with E-state index in [2.05, 4.69) is 0 Å². The predicted octanol–water partition coefficient (Wildman–Crippen LogP) is 1.88. The Morgan fingerprint density at radius 1 is 1.32 bits per heavy atom. The van der Waals surface area contributed by atoms with Gasteiger partial charge in [0.25, 0.3) is 0 Å². The fraction of sp³-hybridized carbons (Fsp3) is 0.353. The molecule has 1 saturated carbocycles. The number of aryl methyl sites for hydroxylation is 1. The average Bonchev–Trinajstić information content (AvgIpc) is 3.33. The van der Waals surface area contributed by atoms with E-state index in [1.165, 1.54) is 12.8 Å². The summed E-state index contributed by atoms with van der Waals surface area (Å²) in [6.45, 7) is 1.09. The number of anilines is 1. The Balaban J connectivity index is 2.04. The van der Waals surface area contributed by atoms with Crippen LogP contribution in [0, 0.1) is 5.92 Å². The van der Waals surface area contributed by atoms with Crippen LogP contribution >= 0.6 is 0 Å². The van der Waals surface area contributed by atoms with Crippen LogP contribution in [0.4, 0.5) is 5.69 Å². The highest BCUT2D eigenvalue weighted by Crippen LogP contribution is 2.36. The van der Waals surface area contributed by atoms with Crippen LogP contribution in [-0.2, 0) is 13.6 Å². The lowest BCUT2D eigenvalue weighted by molar-refractivity contribution is 0.301. The summed E-state index contributed by atoms with van der Waals surface area (Å²) in [5.41, 5.74) is 15.1. The van der Waals surface area contributed by atoms with Crippen LogP contribution in [0.1, 0.15) is 18.4 Å². The Labute approximate surface area is 129 Å². The number of rotatable bonds is 5. The number of nitrogen functional groups attached to an aromatic ring is 1. The van der Waals surface area contributed by atoms with E-state index in [9.17, 15) is 4.79 Å². The summed E-state index contributed by atoms with van der Waals surface area (Å²) >= 11 is 0. The average molecular weight is 299 g/mol. The van der Waals surface area contributed by atoms with Crippen LogP contribution in [0.25, 0.3) is 11.1 Å². The first-order valence-corrected chi connectivity index (χ1v) is 7.51. The molecule has 0 amide bonds. The largest absolute Gasteiger partial charge is 0.493 e. The second kappa shape index (κ2) is 5.85. The van der Waals surface area contributed by atoms with Crippen molar-refractivity contribution in [1.82, 2.24) is 4.57 Å². The monoisotopic (exact) mass is 299 g/mol. The molecule has 5 heteroatoms. The zero-order valence-corrected chi connectivity index (χ0v) is 12.7. The molecule has 1 aliphatic rings. The Morgan fingerprint density at radius 2 is 2.09 bits per heavy atom. The van der Waals surface area contributed by atoms with Crippen LogP contribution in [0.2, 0.25) is 0 Å². The van der Waals surface area contributed by atoms with Gasteiger partial charge >= 0.3 is 0 Å². The third-order valence-electron chi connectivity index (χ3n) is 4.03. The van der Waals surface area contributed by atoms with Crippen molar-refractivity contribution in [3.05, 3.63) is 46.4 Å². The number of pyridine rings is 1. The van der Waals surface area contributed by atoms with Crippen molar-refractivity contribution in [1.29, 1.82) is 0 Å². The number of nitrogens with zero attached hydrogens (tertiary/aromatic N) is 1. The summed E-state index contributed by atoms with van der Waals surface area (Å²) in [7, 11) is 1.73. The van der Waals surface area contributed by atoms with Gasteiger partial charge in [-0.15, -0.1) is 0 Å². The quantitative estimate of drug-likeness (QED) is 0.826. The number of aromatic nitrogens is 1. The van der Waals surface area contributed by atoms with E-state index in [0.29, 0.717) is 24.8 Å². The summed E-state index contributed by atoms with van der Waals surface area (Å²) in [5.74, 6) is 1.44. The van der Waals surface area contributed by atoms with E-state index in [4.69, 9.17) is 16.2 Å². The third-order valence-corrected chi connectivity index (χ3v) is 4.03. The smallest absolute Gasteiger partial charge is 0.250 e. The maximum Gasteiger partial charge on any atom is 0.250 e. The first kappa shape index (κ1) is 14.7. The van der Waals surface area contributed by atoms with Gasteiger partial charge in [0, 0.05) is 42.7 Å². The second-order valence-electron chi connectivity index (χ2n) is 5.87. The number of hydrogen-bond donors (Lipinski definition) is 2. The van der Waals surface area contributed by atoms with Crippen molar-refractivity contribution in [3.63, 3.8) is 0 Å². The summed E-state index contributed by atoms with van der Waals surface area (Å²) in [5, 5.41) is 0. The third kappa shape index (κ3) is 2.99.